The van der Waals surface area contributed by atoms with Gasteiger partial charge < -0.3 is 13.9 Å². The fraction of sp³-hybridized carbons (Fsp3) is 0.0500. The summed E-state index contributed by atoms with van der Waals surface area (Å²) in [4.78, 5) is 2.29. The summed E-state index contributed by atoms with van der Waals surface area (Å²) in [7, 11) is 0. The number of aromatic nitrogens is 3. The lowest BCUT2D eigenvalue weighted by Crippen LogP contribution is -2.10. The van der Waals surface area contributed by atoms with Crippen LogP contribution in [0, 0.1) is 13.8 Å². The second-order valence-corrected chi connectivity index (χ2v) is 11.4. The number of anilines is 3. The minimum atomic E-state index is 0.578. The summed E-state index contributed by atoms with van der Waals surface area (Å²) in [6.45, 7) is 4.17. The van der Waals surface area contributed by atoms with Crippen LogP contribution in [0.4, 0.5) is 17.1 Å². The number of hydrogen-bond donors (Lipinski definition) is 0. The maximum absolute atomic E-state index is 6.18. The van der Waals surface area contributed by atoms with Gasteiger partial charge in [-0.15, -0.1) is 0 Å². The first-order valence-electron chi connectivity index (χ1n) is 15.1. The maximum Gasteiger partial charge on any atom is 0.405 e. The molecule has 2 heterocycles. The molecule has 5 heteroatoms. The molecule has 0 saturated heterocycles. The predicted octanol–water partition coefficient (Wildman–Crippen LogP) is 10.0. The van der Waals surface area contributed by atoms with Crippen molar-refractivity contribution in [3.63, 3.8) is 0 Å². The molecule has 45 heavy (non-hydrogen) atoms. The van der Waals surface area contributed by atoms with Crippen LogP contribution < -0.4 is 10.00 Å². The minimum Gasteiger partial charge on any atom is -0.377 e. The first kappa shape index (κ1) is 26.7. The van der Waals surface area contributed by atoms with Gasteiger partial charge in [-0.2, -0.15) is 0 Å². The SMILES string of the molecule is Cc1cc(C)cc(-c2n[nH+]c(-c3ccc(N(c4ccccc4)c4ccc5c(c4)c4ccccc4n5-c4ccccc4)cc3)o2)c1. The molecule has 0 unspecified atom stereocenters. The van der Waals surface area contributed by atoms with Gasteiger partial charge in [-0.05, 0) is 98.8 Å². The lowest BCUT2D eigenvalue weighted by atomic mass is 10.1. The average Bonchev–Trinajstić information content (AvgIpc) is 3.70. The van der Waals surface area contributed by atoms with E-state index in [1.54, 1.807) is 0 Å². The molecule has 0 atom stereocenters. The highest BCUT2D eigenvalue weighted by molar-refractivity contribution is 6.10. The van der Waals surface area contributed by atoms with Crippen LogP contribution in [-0.4, -0.2) is 9.67 Å². The van der Waals surface area contributed by atoms with Gasteiger partial charge in [0.1, 0.15) is 0 Å². The summed E-state index contributed by atoms with van der Waals surface area (Å²) >= 11 is 0. The number of para-hydroxylation sites is 3. The number of aromatic amines is 1. The van der Waals surface area contributed by atoms with Crippen molar-refractivity contribution in [3.8, 4) is 28.6 Å². The Morgan fingerprint density at radius 1 is 0.556 bits per heavy atom. The third-order valence-corrected chi connectivity index (χ3v) is 8.26. The van der Waals surface area contributed by atoms with E-state index in [4.69, 9.17) is 4.42 Å². The molecular weight excluding hydrogens is 552 g/mol. The van der Waals surface area contributed by atoms with Crippen molar-refractivity contribution in [1.29, 1.82) is 0 Å². The number of nitrogens with zero attached hydrogens (tertiary/aromatic N) is 3. The minimum absolute atomic E-state index is 0.578. The molecule has 8 aromatic rings. The fourth-order valence-electron chi connectivity index (χ4n) is 6.33. The summed E-state index contributed by atoms with van der Waals surface area (Å²) in [5.74, 6) is 1.20. The van der Waals surface area contributed by atoms with E-state index >= 15 is 0 Å². The molecule has 0 fully saturated rings. The van der Waals surface area contributed by atoms with Gasteiger partial charge in [0.05, 0.1) is 16.6 Å². The Balaban J connectivity index is 1.21. The highest BCUT2D eigenvalue weighted by Gasteiger charge is 2.20. The van der Waals surface area contributed by atoms with Gasteiger partial charge >= 0.3 is 5.89 Å². The van der Waals surface area contributed by atoms with Crippen LogP contribution in [-0.2, 0) is 0 Å². The van der Waals surface area contributed by atoms with Gasteiger partial charge in [0.15, 0.2) is 0 Å². The molecule has 0 aliphatic rings. The standard InChI is InChI=1S/C40H30N4O/c1-27-23-28(2)25-30(24-27)40-42-41-39(45-40)29-17-19-33(20-18-29)43(31-11-5-3-6-12-31)34-21-22-38-36(26-34)35-15-9-10-16-37(35)44(38)32-13-7-4-8-14-32/h3-26H,1-2H3/p+1. The van der Waals surface area contributed by atoms with Crippen LogP contribution in [0.1, 0.15) is 11.1 Å². The Bertz CT molecular complexity index is 2260. The summed E-state index contributed by atoms with van der Waals surface area (Å²) in [5, 5.41) is 10.00. The van der Waals surface area contributed by atoms with Crippen molar-refractivity contribution in [2.24, 2.45) is 0 Å². The van der Waals surface area contributed by atoms with Crippen LogP contribution in [0.2, 0.25) is 0 Å². The van der Waals surface area contributed by atoms with E-state index < -0.39 is 0 Å². The van der Waals surface area contributed by atoms with Gasteiger partial charge in [-0.25, -0.2) is 0 Å². The number of aryl methyl sites for hydroxylation is 2. The lowest BCUT2D eigenvalue weighted by Gasteiger charge is -2.25. The number of benzene rings is 6. The van der Waals surface area contributed by atoms with Gasteiger partial charge in [0.2, 0.25) is 0 Å². The van der Waals surface area contributed by atoms with E-state index in [-0.39, 0.29) is 0 Å². The van der Waals surface area contributed by atoms with E-state index in [1.807, 2.05) is 0 Å². The molecule has 0 radical (unpaired) electrons. The molecule has 1 N–H and O–H groups in total. The van der Waals surface area contributed by atoms with E-state index in [2.05, 4.69) is 179 Å². The summed E-state index contributed by atoms with van der Waals surface area (Å²) in [5.41, 5.74) is 11.0. The number of hydrogen-bond acceptors (Lipinski definition) is 3. The van der Waals surface area contributed by atoms with Crippen LogP contribution in [0.25, 0.3) is 50.4 Å². The summed E-state index contributed by atoms with van der Waals surface area (Å²) in [6.07, 6.45) is 0. The Hall–Kier alpha value is -5.94. The Morgan fingerprint density at radius 2 is 1.18 bits per heavy atom. The monoisotopic (exact) mass is 583 g/mol. The zero-order chi connectivity index (χ0) is 30.3. The first-order valence-corrected chi connectivity index (χ1v) is 15.1. The first-order chi connectivity index (χ1) is 22.1. The Kier molecular flexibility index (Phi) is 6.50. The van der Waals surface area contributed by atoms with Crippen LogP contribution in [0.5, 0.6) is 0 Å². The zero-order valence-corrected chi connectivity index (χ0v) is 25.1. The molecule has 0 saturated carbocycles. The second kappa shape index (κ2) is 11.0. The highest BCUT2D eigenvalue weighted by atomic mass is 16.4. The van der Waals surface area contributed by atoms with E-state index in [1.165, 1.54) is 32.9 Å². The number of rotatable bonds is 6. The third-order valence-electron chi connectivity index (χ3n) is 8.26. The highest BCUT2D eigenvalue weighted by Crippen LogP contribution is 2.40. The molecule has 0 amide bonds. The van der Waals surface area contributed by atoms with E-state index in [0.29, 0.717) is 11.8 Å². The van der Waals surface area contributed by atoms with Crippen molar-refractivity contribution >= 4 is 38.9 Å². The quantitative estimate of drug-likeness (QED) is 0.196. The van der Waals surface area contributed by atoms with Crippen molar-refractivity contribution in [2.45, 2.75) is 13.8 Å². The van der Waals surface area contributed by atoms with Gasteiger partial charge in [0, 0.05) is 44.2 Å². The predicted molar refractivity (Wildman–Crippen MR) is 182 cm³/mol. The zero-order valence-electron chi connectivity index (χ0n) is 25.1. The summed E-state index contributed by atoms with van der Waals surface area (Å²) in [6, 6.07) is 51.2. The third kappa shape index (κ3) is 4.85. The molecule has 0 aliphatic heterocycles. The molecule has 2 aromatic heterocycles. The van der Waals surface area contributed by atoms with Gasteiger partial charge in [0.25, 0.3) is 5.89 Å². The molecular formula is C40H31N4O+. The Labute approximate surface area is 261 Å². The fourth-order valence-corrected chi connectivity index (χ4v) is 6.33. The van der Waals surface area contributed by atoms with Gasteiger partial charge in [-0.3, -0.25) is 0 Å². The molecule has 216 valence electrons. The van der Waals surface area contributed by atoms with Crippen molar-refractivity contribution in [3.05, 3.63) is 157 Å². The van der Waals surface area contributed by atoms with Crippen LogP contribution in [0.15, 0.2) is 150 Å². The molecule has 0 aliphatic carbocycles. The van der Waals surface area contributed by atoms with Crippen LogP contribution >= 0.6 is 0 Å². The number of H-pyrrole nitrogens is 1. The topological polar surface area (TPSA) is 48.3 Å². The van der Waals surface area contributed by atoms with E-state index in [0.717, 1.165) is 33.9 Å². The van der Waals surface area contributed by atoms with Crippen molar-refractivity contribution in [1.82, 2.24) is 9.67 Å². The van der Waals surface area contributed by atoms with Crippen LogP contribution in [0.3, 0.4) is 0 Å². The van der Waals surface area contributed by atoms with Gasteiger partial charge in [-0.1, -0.05) is 76.9 Å². The second-order valence-electron chi connectivity index (χ2n) is 11.4. The molecule has 0 bridgehead atoms. The number of fused-ring (bicyclic) bond motifs is 3. The Morgan fingerprint density at radius 3 is 1.93 bits per heavy atom. The van der Waals surface area contributed by atoms with E-state index in [9.17, 15) is 0 Å². The molecule has 0 spiro atoms. The normalized spacial score (nSPS) is 11.3. The largest absolute Gasteiger partial charge is 0.405 e. The molecule has 6 aromatic carbocycles. The van der Waals surface area contributed by atoms with Crippen molar-refractivity contribution < 1.29 is 9.52 Å². The smallest absolute Gasteiger partial charge is 0.377 e. The summed E-state index contributed by atoms with van der Waals surface area (Å²) < 4.78 is 8.52. The van der Waals surface area contributed by atoms with Crippen molar-refractivity contribution in [2.75, 3.05) is 4.90 Å². The lowest BCUT2D eigenvalue weighted by molar-refractivity contribution is -0.441. The maximum atomic E-state index is 6.18. The molecule has 8 rings (SSSR count). The molecule has 5 nitrogen and oxygen atoms in total. The number of nitrogens with one attached hydrogen (secondary N) is 1. The average molecular weight is 584 g/mol.